The van der Waals surface area contributed by atoms with Crippen LogP contribution in [0.3, 0.4) is 0 Å². The van der Waals surface area contributed by atoms with Gasteiger partial charge >= 0.3 is 0 Å². The molecule has 26 heavy (non-hydrogen) atoms. The monoisotopic (exact) mass is 376 g/mol. The van der Waals surface area contributed by atoms with E-state index in [0.29, 0.717) is 18.7 Å². The van der Waals surface area contributed by atoms with Crippen LogP contribution in [-0.4, -0.2) is 46.2 Å². The van der Waals surface area contributed by atoms with Gasteiger partial charge in [-0.2, -0.15) is 0 Å². The van der Waals surface area contributed by atoms with Gasteiger partial charge in [-0.25, -0.2) is 0 Å². The normalized spacial score (nSPS) is 19.0. The lowest BCUT2D eigenvalue weighted by atomic mass is 10.1. The number of benzene rings is 1. The van der Waals surface area contributed by atoms with Crippen LogP contribution in [-0.2, 0) is 20.8 Å². The molecule has 0 aromatic heterocycles. The lowest BCUT2D eigenvalue weighted by molar-refractivity contribution is -0.140. The molecule has 1 heterocycles. The SMILES string of the molecule is CC(=O)SC[C@@H](C)C(=O)N1CCC[C@H]1C(=O)N[C@@H](C)Cc1ccccc1. The Hall–Kier alpha value is -1.82. The maximum atomic E-state index is 12.7. The molecule has 0 unspecified atom stereocenters. The first-order valence-electron chi connectivity index (χ1n) is 9.16. The number of amides is 2. The van der Waals surface area contributed by atoms with Crippen molar-refractivity contribution in [3.63, 3.8) is 0 Å². The third-order valence-electron chi connectivity index (χ3n) is 4.57. The molecule has 1 aromatic carbocycles. The van der Waals surface area contributed by atoms with E-state index >= 15 is 0 Å². The van der Waals surface area contributed by atoms with Crippen molar-refractivity contribution in [3.05, 3.63) is 35.9 Å². The molecule has 142 valence electrons. The highest BCUT2D eigenvalue weighted by atomic mass is 32.2. The first-order valence-corrected chi connectivity index (χ1v) is 10.1. The van der Waals surface area contributed by atoms with Gasteiger partial charge in [0.25, 0.3) is 0 Å². The summed E-state index contributed by atoms with van der Waals surface area (Å²) in [6, 6.07) is 9.65. The second-order valence-corrected chi connectivity index (χ2v) is 8.19. The van der Waals surface area contributed by atoms with E-state index in [4.69, 9.17) is 0 Å². The largest absolute Gasteiger partial charge is 0.352 e. The molecule has 0 aliphatic carbocycles. The van der Waals surface area contributed by atoms with Gasteiger partial charge in [0, 0.05) is 31.2 Å². The first kappa shape index (κ1) is 20.5. The van der Waals surface area contributed by atoms with Crippen molar-refractivity contribution in [2.75, 3.05) is 12.3 Å². The summed E-state index contributed by atoms with van der Waals surface area (Å²) < 4.78 is 0. The number of nitrogens with zero attached hydrogens (tertiary/aromatic N) is 1. The van der Waals surface area contributed by atoms with Gasteiger partial charge in [0.15, 0.2) is 5.12 Å². The quantitative estimate of drug-likeness (QED) is 0.794. The van der Waals surface area contributed by atoms with Crippen LogP contribution in [0.2, 0.25) is 0 Å². The number of hydrogen-bond acceptors (Lipinski definition) is 4. The molecule has 2 rings (SSSR count). The summed E-state index contributed by atoms with van der Waals surface area (Å²) in [5, 5.41) is 3.06. The predicted molar refractivity (Wildman–Crippen MR) is 105 cm³/mol. The van der Waals surface area contributed by atoms with E-state index in [1.165, 1.54) is 12.5 Å². The third-order valence-corrected chi connectivity index (χ3v) is 5.64. The zero-order valence-electron chi connectivity index (χ0n) is 15.7. The van der Waals surface area contributed by atoms with Crippen molar-refractivity contribution < 1.29 is 14.4 Å². The minimum atomic E-state index is -0.398. The molecule has 1 aromatic rings. The van der Waals surface area contributed by atoms with Crippen LogP contribution in [0.5, 0.6) is 0 Å². The molecule has 3 atom stereocenters. The van der Waals surface area contributed by atoms with Crippen LogP contribution >= 0.6 is 11.8 Å². The average molecular weight is 377 g/mol. The molecule has 1 N–H and O–H groups in total. The molecule has 1 aliphatic rings. The van der Waals surface area contributed by atoms with E-state index in [0.717, 1.165) is 24.6 Å². The molecular formula is C20H28N2O3S. The molecule has 0 radical (unpaired) electrons. The fourth-order valence-corrected chi connectivity index (χ4v) is 3.88. The molecule has 1 saturated heterocycles. The van der Waals surface area contributed by atoms with E-state index in [-0.39, 0.29) is 28.9 Å². The second kappa shape index (κ2) is 9.76. The van der Waals surface area contributed by atoms with Crippen molar-refractivity contribution in [2.24, 2.45) is 5.92 Å². The summed E-state index contributed by atoms with van der Waals surface area (Å²) in [7, 11) is 0. The molecule has 0 bridgehead atoms. The lowest BCUT2D eigenvalue weighted by Gasteiger charge is -2.27. The number of likely N-dealkylation sites (tertiary alicyclic amines) is 1. The topological polar surface area (TPSA) is 66.5 Å². The lowest BCUT2D eigenvalue weighted by Crippen LogP contribution is -2.50. The minimum absolute atomic E-state index is 0.00754. The summed E-state index contributed by atoms with van der Waals surface area (Å²) in [6.45, 7) is 5.92. The van der Waals surface area contributed by atoms with Gasteiger partial charge in [-0.15, -0.1) is 0 Å². The van der Waals surface area contributed by atoms with Crippen molar-refractivity contribution >= 4 is 28.7 Å². The fourth-order valence-electron chi connectivity index (χ4n) is 3.26. The van der Waals surface area contributed by atoms with Crippen LogP contribution in [0.1, 0.15) is 39.2 Å². The molecular weight excluding hydrogens is 348 g/mol. The Bertz CT molecular complexity index is 635. The summed E-state index contributed by atoms with van der Waals surface area (Å²) >= 11 is 1.16. The second-order valence-electron chi connectivity index (χ2n) is 6.99. The van der Waals surface area contributed by atoms with E-state index in [2.05, 4.69) is 5.32 Å². The van der Waals surface area contributed by atoms with Crippen molar-refractivity contribution in [1.82, 2.24) is 10.2 Å². The molecule has 0 spiro atoms. The highest BCUT2D eigenvalue weighted by Gasteiger charge is 2.36. The number of hydrogen-bond donors (Lipinski definition) is 1. The van der Waals surface area contributed by atoms with E-state index in [9.17, 15) is 14.4 Å². The first-order chi connectivity index (χ1) is 12.4. The number of nitrogens with one attached hydrogen (secondary N) is 1. The van der Waals surface area contributed by atoms with Gasteiger partial charge in [-0.3, -0.25) is 14.4 Å². The smallest absolute Gasteiger partial charge is 0.243 e. The fraction of sp³-hybridized carbons (Fsp3) is 0.550. The van der Waals surface area contributed by atoms with Gasteiger partial charge in [0.05, 0.1) is 0 Å². The molecule has 1 aliphatic heterocycles. The Kier molecular flexibility index (Phi) is 7.69. The number of carbonyl (C=O) groups is 3. The van der Waals surface area contributed by atoms with E-state index in [1.54, 1.807) is 4.90 Å². The van der Waals surface area contributed by atoms with Gasteiger partial charge in [0.1, 0.15) is 6.04 Å². The van der Waals surface area contributed by atoms with Gasteiger partial charge in [0.2, 0.25) is 11.8 Å². The number of thioether (sulfide) groups is 1. The van der Waals surface area contributed by atoms with Crippen molar-refractivity contribution in [3.8, 4) is 0 Å². The molecule has 2 amide bonds. The standard InChI is InChI=1S/C20H28N2O3S/c1-14(13-26-16(3)23)20(25)22-11-7-10-18(22)19(24)21-15(2)12-17-8-5-4-6-9-17/h4-6,8-9,14-15,18H,7,10-13H2,1-3H3,(H,21,24)/t14-,15+,18+/m1/s1. The summed E-state index contributed by atoms with van der Waals surface area (Å²) in [4.78, 5) is 38.2. The molecule has 1 fully saturated rings. The van der Waals surface area contributed by atoms with Crippen LogP contribution in [0.15, 0.2) is 30.3 Å². The zero-order chi connectivity index (χ0) is 19.1. The van der Waals surface area contributed by atoms with Crippen LogP contribution in [0.25, 0.3) is 0 Å². The average Bonchev–Trinajstić information content (AvgIpc) is 3.09. The number of rotatable bonds is 7. The predicted octanol–water partition coefficient (Wildman–Crippen LogP) is 2.64. The Morgan fingerprint density at radius 3 is 2.58 bits per heavy atom. The van der Waals surface area contributed by atoms with E-state index in [1.807, 2.05) is 44.2 Å². The molecule has 0 saturated carbocycles. The van der Waals surface area contributed by atoms with Crippen LogP contribution in [0, 0.1) is 5.92 Å². The Morgan fingerprint density at radius 1 is 1.23 bits per heavy atom. The van der Waals surface area contributed by atoms with Crippen molar-refractivity contribution in [2.45, 2.75) is 52.1 Å². The van der Waals surface area contributed by atoms with Crippen LogP contribution in [0.4, 0.5) is 0 Å². The van der Waals surface area contributed by atoms with Crippen molar-refractivity contribution in [1.29, 1.82) is 0 Å². The summed E-state index contributed by atoms with van der Waals surface area (Å²) in [5.41, 5.74) is 1.18. The van der Waals surface area contributed by atoms with E-state index < -0.39 is 6.04 Å². The van der Waals surface area contributed by atoms with Crippen LogP contribution < -0.4 is 5.32 Å². The molecule has 6 heteroatoms. The number of carbonyl (C=O) groups excluding carboxylic acids is 3. The Balaban J connectivity index is 1.90. The van der Waals surface area contributed by atoms with Gasteiger partial charge in [-0.05, 0) is 31.7 Å². The summed E-state index contributed by atoms with van der Waals surface area (Å²) in [5.74, 6) is 0.0838. The Morgan fingerprint density at radius 2 is 1.92 bits per heavy atom. The highest BCUT2D eigenvalue weighted by Crippen LogP contribution is 2.22. The summed E-state index contributed by atoms with van der Waals surface area (Å²) in [6.07, 6.45) is 2.30. The molecule has 5 nitrogen and oxygen atoms in total. The Labute approximate surface area is 159 Å². The maximum absolute atomic E-state index is 12.7. The highest BCUT2D eigenvalue weighted by molar-refractivity contribution is 8.13. The third kappa shape index (κ3) is 5.87. The minimum Gasteiger partial charge on any atom is -0.352 e. The maximum Gasteiger partial charge on any atom is 0.243 e. The zero-order valence-corrected chi connectivity index (χ0v) is 16.6. The van der Waals surface area contributed by atoms with Gasteiger partial charge < -0.3 is 10.2 Å². The van der Waals surface area contributed by atoms with Gasteiger partial charge in [-0.1, -0.05) is 49.0 Å².